The number of amides is 1. The number of benzene rings is 1. The molecule has 3 heteroatoms. The molecule has 1 amide bonds. The topological polar surface area (TPSA) is 38.3 Å². The van der Waals surface area contributed by atoms with E-state index in [-0.39, 0.29) is 5.91 Å². The molecule has 0 radical (unpaired) electrons. The average molecular weight is 231 g/mol. The highest BCUT2D eigenvalue weighted by molar-refractivity contribution is 6.00. The van der Waals surface area contributed by atoms with Gasteiger partial charge in [0.05, 0.1) is 12.3 Å². The number of carbonyl (C=O) groups excluding carboxylic acids is 1. The van der Waals surface area contributed by atoms with E-state index < -0.39 is 0 Å². The Hall–Kier alpha value is -2.03. The predicted octanol–water partition coefficient (Wildman–Crippen LogP) is 3.16. The van der Waals surface area contributed by atoms with Crippen LogP contribution in [-0.2, 0) is 4.79 Å². The van der Waals surface area contributed by atoms with Crippen LogP contribution >= 0.6 is 0 Å². The van der Waals surface area contributed by atoms with Crippen molar-refractivity contribution in [2.75, 3.05) is 11.9 Å². The summed E-state index contributed by atoms with van der Waals surface area (Å²) in [5.74, 6) is 0.512. The minimum Gasteiger partial charge on any atom is -0.492 e. The van der Waals surface area contributed by atoms with Crippen molar-refractivity contribution in [2.24, 2.45) is 0 Å². The number of ether oxygens (including phenoxy) is 1. The van der Waals surface area contributed by atoms with E-state index in [0.29, 0.717) is 18.0 Å². The highest BCUT2D eigenvalue weighted by Crippen LogP contribution is 2.23. The fraction of sp³-hybridized carbons (Fsp3) is 0.214. The van der Waals surface area contributed by atoms with Gasteiger partial charge in [-0.05, 0) is 26.0 Å². The highest BCUT2D eigenvalue weighted by Gasteiger charge is 2.03. The number of hydrogen-bond acceptors (Lipinski definition) is 2. The van der Waals surface area contributed by atoms with Crippen LogP contribution in [0.25, 0.3) is 0 Å². The third kappa shape index (κ3) is 4.55. The second-order valence-electron chi connectivity index (χ2n) is 3.30. The second kappa shape index (κ2) is 7.28. The van der Waals surface area contributed by atoms with Gasteiger partial charge >= 0.3 is 0 Å². The van der Waals surface area contributed by atoms with Gasteiger partial charge in [0.1, 0.15) is 5.75 Å². The minimum absolute atomic E-state index is 0.171. The molecule has 90 valence electrons. The number of para-hydroxylation sites is 2. The first-order chi connectivity index (χ1) is 8.27. The maximum absolute atomic E-state index is 11.6. The van der Waals surface area contributed by atoms with Crippen LogP contribution in [0.2, 0.25) is 0 Å². The van der Waals surface area contributed by atoms with E-state index in [9.17, 15) is 4.79 Å². The zero-order chi connectivity index (χ0) is 12.5. The maximum Gasteiger partial charge on any atom is 0.248 e. The molecule has 0 fully saturated rings. The zero-order valence-electron chi connectivity index (χ0n) is 10.1. The summed E-state index contributed by atoms with van der Waals surface area (Å²) in [4.78, 5) is 11.6. The first-order valence-corrected chi connectivity index (χ1v) is 5.60. The van der Waals surface area contributed by atoms with Crippen LogP contribution in [0, 0.1) is 0 Å². The third-order valence-corrected chi connectivity index (χ3v) is 2.00. The smallest absolute Gasteiger partial charge is 0.248 e. The molecule has 0 spiro atoms. The number of nitrogens with one attached hydrogen (secondary N) is 1. The Kier molecular flexibility index (Phi) is 5.58. The Morgan fingerprint density at radius 2 is 2.12 bits per heavy atom. The van der Waals surface area contributed by atoms with Crippen molar-refractivity contribution in [1.82, 2.24) is 0 Å². The lowest BCUT2D eigenvalue weighted by atomic mass is 10.3. The van der Waals surface area contributed by atoms with Gasteiger partial charge in [-0.2, -0.15) is 0 Å². The second-order valence-corrected chi connectivity index (χ2v) is 3.30. The first-order valence-electron chi connectivity index (χ1n) is 5.60. The first kappa shape index (κ1) is 13.0. The van der Waals surface area contributed by atoms with Crippen molar-refractivity contribution in [3.63, 3.8) is 0 Å². The Balaban J connectivity index is 2.70. The van der Waals surface area contributed by atoms with Crippen LogP contribution in [0.4, 0.5) is 5.69 Å². The number of allylic oxidation sites excluding steroid dienone is 3. The number of carbonyl (C=O) groups is 1. The SMILES string of the molecule is C/C=C/C=C\C(=O)Nc1ccccc1OCC. The van der Waals surface area contributed by atoms with E-state index in [2.05, 4.69) is 5.32 Å². The molecule has 1 rings (SSSR count). The van der Waals surface area contributed by atoms with Gasteiger partial charge in [-0.25, -0.2) is 0 Å². The summed E-state index contributed by atoms with van der Waals surface area (Å²) >= 11 is 0. The summed E-state index contributed by atoms with van der Waals surface area (Å²) < 4.78 is 5.41. The monoisotopic (exact) mass is 231 g/mol. The van der Waals surface area contributed by atoms with E-state index in [0.717, 1.165) is 0 Å². The molecular formula is C14H17NO2. The van der Waals surface area contributed by atoms with Crippen LogP contribution in [0.5, 0.6) is 5.75 Å². The van der Waals surface area contributed by atoms with Crippen LogP contribution in [0.1, 0.15) is 13.8 Å². The van der Waals surface area contributed by atoms with Gasteiger partial charge in [-0.15, -0.1) is 0 Å². The summed E-state index contributed by atoms with van der Waals surface area (Å²) in [5.41, 5.74) is 0.685. The van der Waals surface area contributed by atoms with Crippen LogP contribution in [0.15, 0.2) is 48.6 Å². The summed E-state index contributed by atoms with van der Waals surface area (Å²) in [6.45, 7) is 4.37. The van der Waals surface area contributed by atoms with Gasteiger partial charge in [0, 0.05) is 6.08 Å². The van der Waals surface area contributed by atoms with E-state index in [4.69, 9.17) is 4.74 Å². The van der Waals surface area contributed by atoms with E-state index in [1.54, 1.807) is 12.2 Å². The molecule has 0 saturated heterocycles. The molecule has 0 saturated carbocycles. The van der Waals surface area contributed by atoms with Crippen LogP contribution in [0.3, 0.4) is 0 Å². The van der Waals surface area contributed by atoms with Gasteiger partial charge in [0.25, 0.3) is 0 Å². The van der Waals surface area contributed by atoms with E-state index in [1.165, 1.54) is 6.08 Å². The van der Waals surface area contributed by atoms with Crippen LogP contribution in [-0.4, -0.2) is 12.5 Å². The van der Waals surface area contributed by atoms with Gasteiger partial charge in [0.2, 0.25) is 5.91 Å². The maximum atomic E-state index is 11.6. The summed E-state index contributed by atoms with van der Waals surface area (Å²) in [5, 5.41) is 2.77. The lowest BCUT2D eigenvalue weighted by molar-refractivity contribution is -0.111. The normalized spacial score (nSPS) is 10.9. The van der Waals surface area contributed by atoms with Gasteiger partial charge in [-0.3, -0.25) is 4.79 Å². The molecule has 0 heterocycles. The largest absolute Gasteiger partial charge is 0.492 e. The molecule has 3 nitrogen and oxygen atoms in total. The Bertz CT molecular complexity index is 422. The Morgan fingerprint density at radius 1 is 1.35 bits per heavy atom. The molecule has 0 aliphatic carbocycles. The standard InChI is InChI=1S/C14H17NO2/c1-3-5-6-11-14(16)15-12-9-7-8-10-13(12)17-4-2/h3,5-11H,4H2,1-2H3,(H,15,16)/b5-3+,11-6-. The average Bonchev–Trinajstić information content (AvgIpc) is 2.32. The lowest BCUT2D eigenvalue weighted by Gasteiger charge is -2.09. The Morgan fingerprint density at radius 3 is 2.82 bits per heavy atom. The molecule has 0 atom stereocenters. The van der Waals surface area contributed by atoms with Crippen molar-refractivity contribution in [1.29, 1.82) is 0 Å². The minimum atomic E-state index is -0.171. The highest BCUT2D eigenvalue weighted by atomic mass is 16.5. The summed E-state index contributed by atoms with van der Waals surface area (Å²) in [6, 6.07) is 7.37. The molecule has 1 aromatic rings. The fourth-order valence-corrected chi connectivity index (χ4v) is 1.28. The molecule has 17 heavy (non-hydrogen) atoms. The van der Waals surface area contributed by atoms with Gasteiger partial charge in [-0.1, -0.05) is 30.4 Å². The number of rotatable bonds is 5. The van der Waals surface area contributed by atoms with Gasteiger partial charge in [0.15, 0.2) is 0 Å². The number of hydrogen-bond donors (Lipinski definition) is 1. The quantitative estimate of drug-likeness (QED) is 0.624. The van der Waals surface area contributed by atoms with E-state index >= 15 is 0 Å². The van der Waals surface area contributed by atoms with Gasteiger partial charge < -0.3 is 10.1 Å². The molecule has 0 aliphatic rings. The summed E-state index contributed by atoms with van der Waals surface area (Å²) in [7, 11) is 0. The van der Waals surface area contributed by atoms with Crippen molar-refractivity contribution in [2.45, 2.75) is 13.8 Å². The molecular weight excluding hydrogens is 214 g/mol. The third-order valence-electron chi connectivity index (χ3n) is 2.00. The zero-order valence-corrected chi connectivity index (χ0v) is 10.1. The number of anilines is 1. The van der Waals surface area contributed by atoms with E-state index in [1.807, 2.05) is 44.2 Å². The van der Waals surface area contributed by atoms with Crippen molar-refractivity contribution < 1.29 is 9.53 Å². The molecule has 0 aromatic heterocycles. The Labute approximate surface area is 102 Å². The lowest BCUT2D eigenvalue weighted by Crippen LogP contribution is -2.09. The molecule has 0 aliphatic heterocycles. The molecule has 1 aromatic carbocycles. The van der Waals surface area contributed by atoms with Crippen molar-refractivity contribution in [3.8, 4) is 5.75 Å². The van der Waals surface area contributed by atoms with Crippen molar-refractivity contribution in [3.05, 3.63) is 48.6 Å². The van der Waals surface area contributed by atoms with Crippen LogP contribution < -0.4 is 10.1 Å². The molecule has 0 bridgehead atoms. The molecule has 1 N–H and O–H groups in total. The molecule has 0 unspecified atom stereocenters. The predicted molar refractivity (Wildman–Crippen MR) is 70.2 cm³/mol. The van der Waals surface area contributed by atoms with Crippen molar-refractivity contribution >= 4 is 11.6 Å². The fourth-order valence-electron chi connectivity index (χ4n) is 1.28. The summed E-state index contributed by atoms with van der Waals surface area (Å²) in [6.07, 6.45) is 6.83.